The van der Waals surface area contributed by atoms with Crippen LogP contribution in [0.2, 0.25) is 0 Å². The predicted octanol–water partition coefficient (Wildman–Crippen LogP) is 1.85. The van der Waals surface area contributed by atoms with Crippen LogP contribution in [-0.4, -0.2) is 56.4 Å². The number of halogens is 1. The minimum atomic E-state index is -0.625. The molecule has 0 spiro atoms. The van der Waals surface area contributed by atoms with E-state index in [9.17, 15) is 14.0 Å². The average Bonchev–Trinajstić information content (AvgIpc) is 3.08. The molecule has 0 radical (unpaired) electrons. The van der Waals surface area contributed by atoms with E-state index in [2.05, 4.69) is 15.6 Å². The van der Waals surface area contributed by atoms with Crippen LogP contribution in [0.25, 0.3) is 0 Å². The van der Waals surface area contributed by atoms with Gasteiger partial charge in [-0.05, 0) is 25.8 Å². The maximum Gasteiger partial charge on any atom is 0.318 e. The molecule has 2 atom stereocenters. The highest BCUT2D eigenvalue weighted by atomic mass is 19.1. The molecule has 1 aromatic heterocycles. The van der Waals surface area contributed by atoms with Gasteiger partial charge in [-0.15, -0.1) is 5.10 Å². The van der Waals surface area contributed by atoms with Crippen molar-refractivity contribution in [2.45, 2.75) is 38.4 Å². The second-order valence-corrected chi connectivity index (χ2v) is 7.11. The summed E-state index contributed by atoms with van der Waals surface area (Å²) in [6, 6.07) is 5.07. The molecular formula is C19H25FN6O2. The summed E-state index contributed by atoms with van der Waals surface area (Å²) in [5.41, 5.74) is 1.13. The van der Waals surface area contributed by atoms with E-state index >= 15 is 0 Å². The largest absolute Gasteiger partial charge is 0.334 e. The third-order valence-electron chi connectivity index (χ3n) is 4.99. The molecule has 8 nitrogen and oxygen atoms in total. The number of hydrogen-bond donors (Lipinski definition) is 1. The summed E-state index contributed by atoms with van der Waals surface area (Å²) in [6.07, 6.45) is 3.03. The number of benzene rings is 1. The molecule has 150 valence electrons. The molecule has 1 aromatic carbocycles. The van der Waals surface area contributed by atoms with E-state index in [1.807, 2.05) is 0 Å². The molecule has 1 N–H and O–H groups in total. The highest BCUT2D eigenvalue weighted by Crippen LogP contribution is 2.27. The van der Waals surface area contributed by atoms with Gasteiger partial charge >= 0.3 is 6.03 Å². The Bertz CT molecular complexity index is 854. The van der Waals surface area contributed by atoms with Crippen molar-refractivity contribution < 1.29 is 14.0 Å². The van der Waals surface area contributed by atoms with Gasteiger partial charge in [0.1, 0.15) is 17.6 Å². The fourth-order valence-electron chi connectivity index (χ4n) is 3.44. The lowest BCUT2D eigenvalue weighted by molar-refractivity contribution is -0.138. The first kappa shape index (κ1) is 19.8. The summed E-state index contributed by atoms with van der Waals surface area (Å²) in [5.74, 6) is -0.527. The second kappa shape index (κ2) is 8.37. The van der Waals surface area contributed by atoms with Crippen molar-refractivity contribution in [1.82, 2.24) is 30.1 Å². The Morgan fingerprint density at radius 3 is 2.86 bits per heavy atom. The van der Waals surface area contributed by atoms with Crippen molar-refractivity contribution in [3.63, 3.8) is 0 Å². The van der Waals surface area contributed by atoms with Gasteiger partial charge in [0, 0.05) is 32.4 Å². The summed E-state index contributed by atoms with van der Waals surface area (Å²) >= 11 is 0. The van der Waals surface area contributed by atoms with Crippen LogP contribution in [0.5, 0.6) is 0 Å². The van der Waals surface area contributed by atoms with Crippen molar-refractivity contribution >= 4 is 11.9 Å². The molecule has 2 aromatic rings. The number of hydrogen-bond acceptors (Lipinski definition) is 4. The van der Waals surface area contributed by atoms with Gasteiger partial charge in [-0.2, -0.15) is 0 Å². The van der Waals surface area contributed by atoms with E-state index in [1.165, 1.54) is 11.0 Å². The first-order valence-electron chi connectivity index (χ1n) is 9.28. The third-order valence-corrected chi connectivity index (χ3v) is 4.99. The van der Waals surface area contributed by atoms with Crippen LogP contribution in [0.1, 0.15) is 37.1 Å². The minimum Gasteiger partial charge on any atom is -0.334 e. The number of carbonyl (C=O) groups is 2. The van der Waals surface area contributed by atoms with E-state index < -0.39 is 12.1 Å². The van der Waals surface area contributed by atoms with Crippen molar-refractivity contribution in [3.05, 3.63) is 47.5 Å². The summed E-state index contributed by atoms with van der Waals surface area (Å²) in [7, 11) is 3.39. The summed E-state index contributed by atoms with van der Waals surface area (Å²) in [4.78, 5) is 28.5. The number of nitrogens with one attached hydrogen (secondary N) is 1. The maximum absolute atomic E-state index is 14.1. The number of amides is 3. The number of rotatable bonds is 5. The van der Waals surface area contributed by atoms with Gasteiger partial charge in [0.05, 0.1) is 12.6 Å². The molecule has 0 aliphatic carbocycles. The van der Waals surface area contributed by atoms with Crippen molar-refractivity contribution in [3.8, 4) is 0 Å². The Hall–Kier alpha value is -2.97. The SMILES string of the molecule is CC(c1ccccc1F)N1CCCC(NC(=O)N(C)Cc2cn(C)nn2)C1=O. The topological polar surface area (TPSA) is 83.4 Å². The van der Waals surface area contributed by atoms with Gasteiger partial charge in [-0.1, -0.05) is 23.4 Å². The van der Waals surface area contributed by atoms with E-state index in [1.54, 1.807) is 55.0 Å². The fraction of sp³-hybridized carbons (Fsp3) is 0.474. The van der Waals surface area contributed by atoms with Gasteiger partial charge in [0.2, 0.25) is 5.91 Å². The van der Waals surface area contributed by atoms with Gasteiger partial charge in [-0.25, -0.2) is 9.18 Å². The number of carbonyl (C=O) groups excluding carboxylic acids is 2. The van der Waals surface area contributed by atoms with Crippen molar-refractivity contribution in [2.24, 2.45) is 7.05 Å². The lowest BCUT2D eigenvalue weighted by Crippen LogP contribution is -2.54. The summed E-state index contributed by atoms with van der Waals surface area (Å²) < 4.78 is 15.7. The molecule has 0 bridgehead atoms. The lowest BCUT2D eigenvalue weighted by Gasteiger charge is -2.37. The Kier molecular flexibility index (Phi) is 5.91. The molecule has 1 saturated heterocycles. The Morgan fingerprint density at radius 1 is 1.43 bits per heavy atom. The monoisotopic (exact) mass is 388 g/mol. The van der Waals surface area contributed by atoms with Crippen molar-refractivity contribution in [1.29, 1.82) is 0 Å². The Balaban J connectivity index is 1.63. The molecule has 2 heterocycles. The quantitative estimate of drug-likeness (QED) is 0.847. The average molecular weight is 388 g/mol. The number of piperidine rings is 1. The Labute approximate surface area is 163 Å². The van der Waals surface area contributed by atoms with Gasteiger partial charge in [-0.3, -0.25) is 9.48 Å². The molecule has 9 heteroatoms. The van der Waals surface area contributed by atoms with Crippen LogP contribution >= 0.6 is 0 Å². The highest BCUT2D eigenvalue weighted by Gasteiger charge is 2.34. The zero-order chi connectivity index (χ0) is 20.3. The summed E-state index contributed by atoms with van der Waals surface area (Å²) in [6.45, 7) is 2.63. The van der Waals surface area contributed by atoms with E-state index in [-0.39, 0.29) is 24.3 Å². The number of aromatic nitrogens is 3. The normalized spacial score (nSPS) is 18.1. The van der Waals surface area contributed by atoms with E-state index in [0.717, 1.165) is 6.42 Å². The number of urea groups is 1. The highest BCUT2D eigenvalue weighted by molar-refractivity contribution is 5.87. The molecule has 0 saturated carbocycles. The first-order chi connectivity index (χ1) is 13.4. The predicted molar refractivity (Wildman–Crippen MR) is 101 cm³/mol. The van der Waals surface area contributed by atoms with Crippen LogP contribution in [0, 0.1) is 5.82 Å². The maximum atomic E-state index is 14.1. The van der Waals surface area contributed by atoms with Gasteiger partial charge in [0.15, 0.2) is 0 Å². The summed E-state index contributed by atoms with van der Waals surface area (Å²) in [5, 5.41) is 10.6. The standard InChI is InChI=1S/C19H25FN6O2/c1-13(15-7-4-5-8-16(15)20)26-10-6-9-17(18(26)27)21-19(28)24(2)11-14-12-25(3)23-22-14/h4-5,7-8,12-13,17H,6,9-11H2,1-3H3,(H,21,28). The molecule has 1 fully saturated rings. The lowest BCUT2D eigenvalue weighted by atomic mass is 9.99. The van der Waals surface area contributed by atoms with E-state index in [4.69, 9.17) is 0 Å². The van der Waals surface area contributed by atoms with Crippen LogP contribution < -0.4 is 5.32 Å². The van der Waals surface area contributed by atoms with Gasteiger partial charge in [0.25, 0.3) is 0 Å². The molecule has 3 amide bonds. The number of likely N-dealkylation sites (tertiary alicyclic amines) is 1. The van der Waals surface area contributed by atoms with Crippen LogP contribution in [0.4, 0.5) is 9.18 Å². The van der Waals surface area contributed by atoms with Gasteiger partial charge < -0.3 is 15.1 Å². The second-order valence-electron chi connectivity index (χ2n) is 7.11. The molecule has 1 aliphatic rings. The first-order valence-corrected chi connectivity index (χ1v) is 9.28. The Morgan fingerprint density at radius 2 is 2.18 bits per heavy atom. The minimum absolute atomic E-state index is 0.191. The molecule has 1 aliphatic heterocycles. The smallest absolute Gasteiger partial charge is 0.318 e. The molecular weight excluding hydrogens is 363 g/mol. The van der Waals surface area contributed by atoms with Crippen LogP contribution in [-0.2, 0) is 18.4 Å². The fourth-order valence-corrected chi connectivity index (χ4v) is 3.44. The molecule has 2 unspecified atom stereocenters. The van der Waals surface area contributed by atoms with Crippen LogP contribution in [0.3, 0.4) is 0 Å². The third kappa shape index (κ3) is 4.29. The van der Waals surface area contributed by atoms with Crippen LogP contribution in [0.15, 0.2) is 30.5 Å². The number of aryl methyl sites for hydroxylation is 1. The zero-order valence-electron chi connectivity index (χ0n) is 16.3. The zero-order valence-corrected chi connectivity index (χ0v) is 16.3. The molecule has 3 rings (SSSR count). The van der Waals surface area contributed by atoms with E-state index in [0.29, 0.717) is 24.2 Å². The molecule has 28 heavy (non-hydrogen) atoms. The number of nitrogens with zero attached hydrogens (tertiary/aromatic N) is 5. The van der Waals surface area contributed by atoms with Crippen molar-refractivity contribution in [2.75, 3.05) is 13.6 Å².